The largest absolute Gasteiger partial charge is 0.396 e. The topological polar surface area (TPSA) is 90.9 Å². The molecule has 0 radical (unpaired) electrons. The predicted octanol–water partition coefficient (Wildman–Crippen LogP) is 3.54. The highest BCUT2D eigenvalue weighted by molar-refractivity contribution is 5.93. The molecule has 146 valence electrons. The number of halogens is 1. The molecule has 0 saturated heterocycles. The zero-order chi connectivity index (χ0) is 20.2. The third kappa shape index (κ3) is 4.14. The van der Waals surface area contributed by atoms with Gasteiger partial charge >= 0.3 is 0 Å². The molecule has 0 aliphatic carbocycles. The lowest BCUT2D eigenvalue weighted by atomic mass is 10.1. The number of aliphatic hydroxyl groups is 1. The minimum absolute atomic E-state index is 0.0238. The zero-order valence-corrected chi connectivity index (χ0v) is 15.5. The number of carbonyl (C=O) groups excluding carboxylic acids is 1. The van der Waals surface area contributed by atoms with Crippen LogP contribution in [0, 0.1) is 5.82 Å². The summed E-state index contributed by atoms with van der Waals surface area (Å²) in [6.45, 7) is 0.417. The molecular formula is C22H19FN4O2. The van der Waals surface area contributed by atoms with Crippen molar-refractivity contribution in [1.29, 1.82) is 0 Å². The molecule has 0 fully saturated rings. The number of aromatic amines is 1. The summed E-state index contributed by atoms with van der Waals surface area (Å²) in [7, 11) is 0. The van der Waals surface area contributed by atoms with E-state index in [-0.39, 0.29) is 18.3 Å². The van der Waals surface area contributed by atoms with Gasteiger partial charge in [-0.2, -0.15) is 0 Å². The Bertz CT molecular complexity index is 1160. The van der Waals surface area contributed by atoms with E-state index >= 15 is 0 Å². The Balaban J connectivity index is 1.62. The van der Waals surface area contributed by atoms with Gasteiger partial charge in [0.25, 0.3) is 5.91 Å². The Kier molecular flexibility index (Phi) is 5.31. The number of pyridine rings is 2. The standard InChI is InChI=1S/C22H19FN4O2/c23-17-7-5-14(6-8-17)20-12-15-11-16(13-25-21(15)27-20)18-3-1-4-19(26-18)22(29)24-9-2-10-28/h1,3-8,11-13,28H,2,9-10H2,(H,24,29)(H,25,27). The van der Waals surface area contributed by atoms with Gasteiger partial charge in [0.1, 0.15) is 17.2 Å². The third-order valence-corrected chi connectivity index (χ3v) is 4.52. The summed E-state index contributed by atoms with van der Waals surface area (Å²) in [5.41, 5.74) is 4.15. The van der Waals surface area contributed by atoms with Crippen LogP contribution in [-0.4, -0.2) is 39.1 Å². The van der Waals surface area contributed by atoms with Crippen LogP contribution >= 0.6 is 0 Å². The Morgan fingerprint density at radius 1 is 1.10 bits per heavy atom. The molecule has 7 heteroatoms. The van der Waals surface area contributed by atoms with Crippen LogP contribution in [0.15, 0.2) is 60.8 Å². The molecule has 4 aromatic rings. The van der Waals surface area contributed by atoms with E-state index in [4.69, 9.17) is 5.11 Å². The molecule has 3 aromatic heterocycles. The quantitative estimate of drug-likeness (QED) is 0.439. The number of aromatic nitrogens is 3. The summed E-state index contributed by atoms with van der Waals surface area (Å²) >= 11 is 0. The lowest BCUT2D eigenvalue weighted by Gasteiger charge is -2.06. The number of aliphatic hydroxyl groups excluding tert-OH is 1. The number of hydrogen-bond donors (Lipinski definition) is 3. The number of hydrogen-bond acceptors (Lipinski definition) is 4. The second kappa shape index (κ2) is 8.20. The Morgan fingerprint density at radius 3 is 2.72 bits per heavy atom. The van der Waals surface area contributed by atoms with Crippen molar-refractivity contribution in [1.82, 2.24) is 20.3 Å². The Hall–Kier alpha value is -3.58. The van der Waals surface area contributed by atoms with Crippen molar-refractivity contribution < 1.29 is 14.3 Å². The van der Waals surface area contributed by atoms with Crippen molar-refractivity contribution in [3.63, 3.8) is 0 Å². The fourth-order valence-electron chi connectivity index (χ4n) is 3.03. The van der Waals surface area contributed by atoms with Gasteiger partial charge in [0.15, 0.2) is 0 Å². The van der Waals surface area contributed by atoms with Crippen molar-refractivity contribution in [2.45, 2.75) is 6.42 Å². The van der Waals surface area contributed by atoms with E-state index < -0.39 is 0 Å². The molecule has 0 aliphatic rings. The van der Waals surface area contributed by atoms with Gasteiger partial charge in [-0.25, -0.2) is 14.4 Å². The van der Waals surface area contributed by atoms with E-state index in [9.17, 15) is 9.18 Å². The molecule has 0 spiro atoms. The maximum atomic E-state index is 13.2. The zero-order valence-electron chi connectivity index (χ0n) is 15.5. The highest BCUT2D eigenvalue weighted by atomic mass is 19.1. The van der Waals surface area contributed by atoms with Crippen LogP contribution in [0.1, 0.15) is 16.9 Å². The minimum atomic E-state index is -0.283. The molecular weight excluding hydrogens is 371 g/mol. The van der Waals surface area contributed by atoms with Gasteiger partial charge in [-0.05, 0) is 60.5 Å². The molecule has 0 bridgehead atoms. The molecule has 0 atom stereocenters. The van der Waals surface area contributed by atoms with Gasteiger partial charge in [-0.1, -0.05) is 6.07 Å². The number of carbonyl (C=O) groups is 1. The van der Waals surface area contributed by atoms with Crippen molar-refractivity contribution in [3.8, 4) is 22.5 Å². The smallest absolute Gasteiger partial charge is 0.269 e. The molecule has 1 amide bonds. The first-order valence-corrected chi connectivity index (χ1v) is 9.25. The van der Waals surface area contributed by atoms with Crippen LogP contribution in [0.2, 0.25) is 0 Å². The van der Waals surface area contributed by atoms with Crippen LogP contribution in [0.25, 0.3) is 33.5 Å². The lowest BCUT2D eigenvalue weighted by Crippen LogP contribution is -2.25. The summed E-state index contributed by atoms with van der Waals surface area (Å²) in [5.74, 6) is -0.564. The van der Waals surface area contributed by atoms with Crippen molar-refractivity contribution in [2.75, 3.05) is 13.2 Å². The molecule has 4 rings (SSSR count). The second-order valence-corrected chi connectivity index (χ2v) is 6.59. The molecule has 3 heterocycles. The van der Waals surface area contributed by atoms with Gasteiger partial charge in [0, 0.05) is 36.0 Å². The van der Waals surface area contributed by atoms with E-state index in [0.29, 0.717) is 30.0 Å². The van der Waals surface area contributed by atoms with E-state index in [1.807, 2.05) is 18.2 Å². The number of rotatable bonds is 6. The first-order chi connectivity index (χ1) is 14.1. The maximum Gasteiger partial charge on any atom is 0.269 e. The van der Waals surface area contributed by atoms with Gasteiger partial charge in [0.05, 0.1) is 5.69 Å². The molecule has 3 N–H and O–H groups in total. The average Bonchev–Trinajstić information content (AvgIpc) is 3.18. The molecule has 0 unspecified atom stereocenters. The second-order valence-electron chi connectivity index (χ2n) is 6.59. The summed E-state index contributed by atoms with van der Waals surface area (Å²) in [6.07, 6.45) is 2.19. The lowest BCUT2D eigenvalue weighted by molar-refractivity contribution is 0.0946. The number of nitrogens with one attached hydrogen (secondary N) is 2. The minimum Gasteiger partial charge on any atom is -0.396 e. The van der Waals surface area contributed by atoms with Crippen LogP contribution in [0.3, 0.4) is 0 Å². The van der Waals surface area contributed by atoms with E-state index in [1.165, 1.54) is 12.1 Å². The van der Waals surface area contributed by atoms with Crippen LogP contribution in [0.5, 0.6) is 0 Å². The monoisotopic (exact) mass is 390 g/mol. The van der Waals surface area contributed by atoms with Gasteiger partial charge < -0.3 is 15.4 Å². The molecule has 0 saturated carbocycles. The van der Waals surface area contributed by atoms with Gasteiger partial charge in [0.2, 0.25) is 0 Å². The van der Waals surface area contributed by atoms with Crippen LogP contribution in [-0.2, 0) is 0 Å². The predicted molar refractivity (Wildman–Crippen MR) is 109 cm³/mol. The number of H-pyrrole nitrogens is 1. The summed E-state index contributed by atoms with van der Waals surface area (Å²) in [4.78, 5) is 24.3. The third-order valence-electron chi connectivity index (χ3n) is 4.52. The first kappa shape index (κ1) is 18.8. The van der Waals surface area contributed by atoms with E-state index in [2.05, 4.69) is 20.3 Å². The fourth-order valence-corrected chi connectivity index (χ4v) is 3.03. The fraction of sp³-hybridized carbons (Fsp3) is 0.136. The Morgan fingerprint density at radius 2 is 1.93 bits per heavy atom. The van der Waals surface area contributed by atoms with Crippen molar-refractivity contribution >= 4 is 16.9 Å². The first-order valence-electron chi connectivity index (χ1n) is 9.25. The number of amides is 1. The van der Waals surface area contributed by atoms with E-state index in [1.54, 1.807) is 30.5 Å². The average molecular weight is 390 g/mol. The SMILES string of the molecule is O=C(NCCCO)c1cccc(-c2cnc3[nH]c(-c4ccc(F)cc4)cc3c2)n1. The summed E-state index contributed by atoms with van der Waals surface area (Å²) in [6, 6.07) is 15.4. The van der Waals surface area contributed by atoms with Gasteiger partial charge in [-0.3, -0.25) is 4.79 Å². The number of benzene rings is 1. The summed E-state index contributed by atoms with van der Waals surface area (Å²) < 4.78 is 13.2. The van der Waals surface area contributed by atoms with Crippen LogP contribution in [0.4, 0.5) is 4.39 Å². The molecule has 0 aliphatic heterocycles. The van der Waals surface area contributed by atoms with E-state index in [0.717, 1.165) is 22.2 Å². The normalized spacial score (nSPS) is 11.0. The number of fused-ring (bicyclic) bond motifs is 1. The van der Waals surface area contributed by atoms with Crippen molar-refractivity contribution in [2.24, 2.45) is 0 Å². The molecule has 29 heavy (non-hydrogen) atoms. The molecule has 1 aromatic carbocycles. The highest BCUT2D eigenvalue weighted by Gasteiger charge is 2.11. The van der Waals surface area contributed by atoms with Gasteiger partial charge in [-0.15, -0.1) is 0 Å². The van der Waals surface area contributed by atoms with Crippen LogP contribution < -0.4 is 5.32 Å². The summed E-state index contributed by atoms with van der Waals surface area (Å²) in [5, 5.41) is 12.4. The maximum absolute atomic E-state index is 13.2. The number of nitrogens with zero attached hydrogens (tertiary/aromatic N) is 2. The molecule has 6 nitrogen and oxygen atoms in total. The van der Waals surface area contributed by atoms with Crippen molar-refractivity contribution in [3.05, 3.63) is 72.3 Å². The Labute approximate surface area is 166 Å². The highest BCUT2D eigenvalue weighted by Crippen LogP contribution is 2.26.